The zero-order valence-electron chi connectivity index (χ0n) is 8.73. The van der Waals surface area contributed by atoms with E-state index in [0.29, 0.717) is 13.1 Å². The van der Waals surface area contributed by atoms with Crippen molar-refractivity contribution in [2.24, 2.45) is 0 Å². The molecule has 0 radical (unpaired) electrons. The molecular formula is C9H16N2O4. The quantitative estimate of drug-likeness (QED) is 0.610. The Hall–Kier alpha value is -1.14. The maximum atomic E-state index is 11.2. The fourth-order valence-corrected chi connectivity index (χ4v) is 1.69. The normalized spacial score (nSPS) is 21.5. The predicted octanol–water partition coefficient (Wildman–Crippen LogP) is -1.09. The first-order valence-electron chi connectivity index (χ1n) is 4.84. The van der Waals surface area contributed by atoms with Crippen molar-refractivity contribution in [3.8, 4) is 0 Å². The van der Waals surface area contributed by atoms with Gasteiger partial charge in [-0.2, -0.15) is 0 Å². The number of rotatable bonds is 5. The molecule has 86 valence electrons. The third kappa shape index (κ3) is 4.26. The molecule has 15 heavy (non-hydrogen) atoms. The minimum absolute atomic E-state index is 0.0383. The van der Waals surface area contributed by atoms with Crippen molar-refractivity contribution in [1.82, 2.24) is 10.2 Å². The molecule has 0 aliphatic carbocycles. The maximum absolute atomic E-state index is 11.2. The zero-order chi connectivity index (χ0) is 11.3. The van der Waals surface area contributed by atoms with Crippen LogP contribution in [0.15, 0.2) is 0 Å². The number of likely N-dealkylation sites (tertiary alicyclic amines) is 1. The molecule has 1 aliphatic heterocycles. The van der Waals surface area contributed by atoms with Gasteiger partial charge in [0.25, 0.3) is 0 Å². The molecule has 2 N–H and O–H groups in total. The van der Waals surface area contributed by atoms with Gasteiger partial charge in [-0.3, -0.25) is 14.5 Å². The van der Waals surface area contributed by atoms with Crippen LogP contribution in [0.2, 0.25) is 0 Å². The summed E-state index contributed by atoms with van der Waals surface area (Å²) in [6.45, 7) is 1.40. The number of nitrogens with zero attached hydrogens (tertiary/aromatic N) is 1. The van der Waals surface area contributed by atoms with Crippen LogP contribution in [0.1, 0.15) is 6.42 Å². The lowest BCUT2D eigenvalue weighted by molar-refractivity contribution is -0.138. The zero-order valence-corrected chi connectivity index (χ0v) is 8.73. The van der Waals surface area contributed by atoms with E-state index in [-0.39, 0.29) is 25.1 Å². The van der Waals surface area contributed by atoms with E-state index in [1.807, 2.05) is 0 Å². The number of ether oxygens (including phenoxy) is 1. The van der Waals surface area contributed by atoms with Crippen molar-refractivity contribution < 1.29 is 19.4 Å². The van der Waals surface area contributed by atoms with E-state index in [9.17, 15) is 9.59 Å². The molecule has 6 nitrogen and oxygen atoms in total. The molecule has 0 bridgehead atoms. The molecule has 0 aromatic carbocycles. The lowest BCUT2D eigenvalue weighted by atomic mass is 10.2. The number of aliphatic carboxylic acids is 1. The Morgan fingerprint density at radius 1 is 1.60 bits per heavy atom. The van der Waals surface area contributed by atoms with E-state index >= 15 is 0 Å². The lowest BCUT2D eigenvalue weighted by Gasteiger charge is -2.14. The molecule has 1 amide bonds. The van der Waals surface area contributed by atoms with Gasteiger partial charge in [-0.15, -0.1) is 0 Å². The summed E-state index contributed by atoms with van der Waals surface area (Å²) in [5.74, 6) is -0.987. The van der Waals surface area contributed by atoms with Crippen LogP contribution in [0.4, 0.5) is 0 Å². The molecule has 0 unspecified atom stereocenters. The molecule has 1 atom stereocenters. The first-order valence-corrected chi connectivity index (χ1v) is 4.84. The van der Waals surface area contributed by atoms with Crippen molar-refractivity contribution >= 4 is 11.9 Å². The number of carboxylic acids is 1. The summed E-state index contributed by atoms with van der Waals surface area (Å²) >= 11 is 0. The van der Waals surface area contributed by atoms with E-state index < -0.39 is 5.97 Å². The standard InChI is InChI=1S/C9H16N2O4/c1-15-6-8(12)10-7-2-3-11(4-7)5-9(13)14/h7H,2-6H2,1H3,(H,10,12)(H,13,14)/t7-/m0/s1. The van der Waals surface area contributed by atoms with Gasteiger partial charge in [-0.05, 0) is 6.42 Å². The summed E-state index contributed by atoms with van der Waals surface area (Å²) in [7, 11) is 1.46. The van der Waals surface area contributed by atoms with E-state index in [1.54, 1.807) is 4.90 Å². The average Bonchev–Trinajstić information content (AvgIpc) is 2.51. The van der Waals surface area contributed by atoms with Gasteiger partial charge in [0.1, 0.15) is 6.61 Å². The highest BCUT2D eigenvalue weighted by atomic mass is 16.5. The lowest BCUT2D eigenvalue weighted by Crippen LogP contribution is -2.39. The van der Waals surface area contributed by atoms with Crippen LogP contribution in [0, 0.1) is 0 Å². The fourth-order valence-electron chi connectivity index (χ4n) is 1.69. The van der Waals surface area contributed by atoms with Gasteiger partial charge in [0, 0.05) is 26.2 Å². The number of carbonyl (C=O) groups excluding carboxylic acids is 1. The first-order chi connectivity index (χ1) is 7.11. The second-order valence-corrected chi connectivity index (χ2v) is 3.61. The van der Waals surface area contributed by atoms with Crippen LogP contribution >= 0.6 is 0 Å². The molecule has 6 heteroatoms. The second-order valence-electron chi connectivity index (χ2n) is 3.61. The van der Waals surface area contributed by atoms with Gasteiger partial charge in [-0.25, -0.2) is 0 Å². The summed E-state index contributed by atoms with van der Waals surface area (Å²) in [6.07, 6.45) is 0.794. The van der Waals surface area contributed by atoms with Crippen LogP contribution in [-0.4, -0.2) is 61.3 Å². The average molecular weight is 216 g/mol. The Labute approximate surface area is 88.2 Å². The molecule has 1 heterocycles. The Kier molecular flexibility index (Phi) is 4.51. The van der Waals surface area contributed by atoms with Crippen LogP contribution in [0.3, 0.4) is 0 Å². The maximum Gasteiger partial charge on any atom is 0.317 e. The predicted molar refractivity (Wildman–Crippen MR) is 52.5 cm³/mol. The van der Waals surface area contributed by atoms with Gasteiger partial charge < -0.3 is 15.2 Å². The molecular weight excluding hydrogens is 200 g/mol. The molecule has 0 saturated carbocycles. The Morgan fingerprint density at radius 3 is 2.93 bits per heavy atom. The Balaban J connectivity index is 2.24. The van der Waals surface area contributed by atoms with E-state index in [1.165, 1.54) is 7.11 Å². The molecule has 1 aliphatic rings. The summed E-state index contributed by atoms with van der Waals surface area (Å²) < 4.78 is 4.69. The van der Waals surface area contributed by atoms with Gasteiger partial charge in [0.2, 0.25) is 5.91 Å². The summed E-state index contributed by atoms with van der Waals surface area (Å²) in [6, 6.07) is 0.0481. The smallest absolute Gasteiger partial charge is 0.317 e. The van der Waals surface area contributed by atoms with Crippen LogP contribution in [0.5, 0.6) is 0 Å². The summed E-state index contributed by atoms with van der Waals surface area (Å²) in [5.41, 5.74) is 0. The van der Waals surface area contributed by atoms with Gasteiger partial charge in [0.05, 0.1) is 6.54 Å². The third-order valence-corrected chi connectivity index (χ3v) is 2.27. The number of amides is 1. The largest absolute Gasteiger partial charge is 0.480 e. The molecule has 0 spiro atoms. The minimum Gasteiger partial charge on any atom is -0.480 e. The Bertz CT molecular complexity index is 244. The number of nitrogens with one attached hydrogen (secondary N) is 1. The second kappa shape index (κ2) is 5.67. The molecule has 1 saturated heterocycles. The highest BCUT2D eigenvalue weighted by Gasteiger charge is 2.24. The highest BCUT2D eigenvalue weighted by Crippen LogP contribution is 2.08. The SMILES string of the molecule is COCC(=O)N[C@H]1CCN(CC(=O)O)C1. The first kappa shape index (κ1) is 11.9. The number of carboxylic acid groups (broad SMARTS) is 1. The van der Waals surface area contributed by atoms with Crippen molar-refractivity contribution in [2.75, 3.05) is 33.4 Å². The molecule has 0 aromatic rings. The van der Waals surface area contributed by atoms with E-state index in [4.69, 9.17) is 5.11 Å². The van der Waals surface area contributed by atoms with Crippen molar-refractivity contribution in [2.45, 2.75) is 12.5 Å². The fraction of sp³-hybridized carbons (Fsp3) is 0.778. The number of hydrogen-bond donors (Lipinski definition) is 2. The van der Waals surface area contributed by atoms with E-state index in [0.717, 1.165) is 6.42 Å². The minimum atomic E-state index is -0.834. The summed E-state index contributed by atoms with van der Waals surface area (Å²) in [5, 5.41) is 11.4. The highest BCUT2D eigenvalue weighted by molar-refractivity contribution is 5.77. The third-order valence-electron chi connectivity index (χ3n) is 2.27. The Morgan fingerprint density at radius 2 is 2.33 bits per heavy atom. The van der Waals surface area contributed by atoms with E-state index in [2.05, 4.69) is 10.1 Å². The molecule has 1 fully saturated rings. The topological polar surface area (TPSA) is 78.9 Å². The molecule has 1 rings (SSSR count). The van der Waals surface area contributed by atoms with Gasteiger partial charge in [-0.1, -0.05) is 0 Å². The van der Waals surface area contributed by atoms with Gasteiger partial charge in [0.15, 0.2) is 0 Å². The van der Waals surface area contributed by atoms with Gasteiger partial charge >= 0.3 is 5.97 Å². The van der Waals surface area contributed by atoms with Crippen molar-refractivity contribution in [1.29, 1.82) is 0 Å². The van der Waals surface area contributed by atoms with Crippen molar-refractivity contribution in [3.63, 3.8) is 0 Å². The van der Waals surface area contributed by atoms with Crippen molar-refractivity contribution in [3.05, 3.63) is 0 Å². The van der Waals surface area contributed by atoms with Crippen LogP contribution in [0.25, 0.3) is 0 Å². The monoisotopic (exact) mass is 216 g/mol. The van der Waals surface area contributed by atoms with Crippen LogP contribution in [-0.2, 0) is 14.3 Å². The number of methoxy groups -OCH3 is 1. The number of hydrogen-bond acceptors (Lipinski definition) is 4. The molecule has 0 aromatic heterocycles. The summed E-state index contributed by atoms with van der Waals surface area (Å²) in [4.78, 5) is 23.4. The van der Waals surface area contributed by atoms with Crippen LogP contribution < -0.4 is 5.32 Å². The number of carbonyl (C=O) groups is 2.